The van der Waals surface area contributed by atoms with Gasteiger partial charge in [-0.1, -0.05) is 6.92 Å². The molecule has 1 atom stereocenters. The minimum Gasteiger partial charge on any atom is -0.482 e. The molecule has 124 valence electrons. The van der Waals surface area contributed by atoms with E-state index in [2.05, 4.69) is 0 Å². The third-order valence-corrected chi connectivity index (χ3v) is 3.56. The lowest BCUT2D eigenvalue weighted by Gasteiger charge is -2.33. The molecule has 6 heteroatoms. The van der Waals surface area contributed by atoms with Crippen molar-refractivity contribution in [1.82, 2.24) is 0 Å². The maximum atomic E-state index is 12.2. The van der Waals surface area contributed by atoms with Gasteiger partial charge in [-0.25, -0.2) is 4.79 Å². The number of carbonyl (C=O) groups is 3. The number of amides is 1. The second-order valence-corrected chi connectivity index (χ2v) is 5.67. The number of hydrogen-bond donors (Lipinski definition) is 0. The average molecular weight is 319 g/mol. The molecule has 1 aromatic carbocycles. The molecule has 2 rings (SSSR count). The smallest absolute Gasteiger partial charge is 0.329 e. The summed E-state index contributed by atoms with van der Waals surface area (Å²) in [6.45, 7) is 6.72. The Kier molecular flexibility index (Phi) is 5.03. The number of nitrogens with zero attached hydrogens (tertiary/aromatic N) is 1. The standard InChI is InChI=1S/C17H21NO5/c1-5-14(19)12-6-7-15-13(8-12)18(16(20)9-22-15)11(4)17(21)23-10(2)3/h6-8,10-11H,5,9H2,1-4H3. The molecule has 0 spiro atoms. The van der Waals surface area contributed by atoms with Gasteiger partial charge in [0.05, 0.1) is 11.8 Å². The molecule has 1 aliphatic heterocycles. The van der Waals surface area contributed by atoms with E-state index < -0.39 is 12.0 Å². The third-order valence-electron chi connectivity index (χ3n) is 3.56. The number of esters is 1. The largest absolute Gasteiger partial charge is 0.482 e. The van der Waals surface area contributed by atoms with E-state index >= 15 is 0 Å². The lowest BCUT2D eigenvalue weighted by Crippen LogP contribution is -2.49. The van der Waals surface area contributed by atoms with Crippen molar-refractivity contribution in [2.75, 3.05) is 11.5 Å². The number of Topliss-reactive ketones (excluding diaryl/α,β-unsaturated/α-hetero) is 1. The molecule has 0 N–H and O–H groups in total. The van der Waals surface area contributed by atoms with E-state index in [9.17, 15) is 14.4 Å². The predicted molar refractivity (Wildman–Crippen MR) is 84.7 cm³/mol. The first kappa shape index (κ1) is 17.0. The molecule has 0 bridgehead atoms. The van der Waals surface area contributed by atoms with Crippen LogP contribution in [0.1, 0.15) is 44.5 Å². The van der Waals surface area contributed by atoms with E-state index in [1.807, 2.05) is 0 Å². The van der Waals surface area contributed by atoms with Gasteiger partial charge in [0.25, 0.3) is 5.91 Å². The lowest BCUT2D eigenvalue weighted by atomic mass is 10.1. The number of ketones is 1. The first-order chi connectivity index (χ1) is 10.8. The number of carbonyl (C=O) groups excluding carboxylic acids is 3. The van der Waals surface area contributed by atoms with Crippen molar-refractivity contribution in [1.29, 1.82) is 0 Å². The molecule has 1 aliphatic rings. The molecular formula is C17H21NO5. The first-order valence-corrected chi connectivity index (χ1v) is 7.67. The van der Waals surface area contributed by atoms with E-state index in [4.69, 9.17) is 9.47 Å². The van der Waals surface area contributed by atoms with Crippen LogP contribution in [0.2, 0.25) is 0 Å². The maximum absolute atomic E-state index is 12.2. The molecule has 1 amide bonds. The Morgan fingerprint density at radius 2 is 2.00 bits per heavy atom. The molecule has 1 aromatic rings. The van der Waals surface area contributed by atoms with Gasteiger partial charge < -0.3 is 9.47 Å². The molecule has 1 heterocycles. The monoisotopic (exact) mass is 319 g/mol. The van der Waals surface area contributed by atoms with Gasteiger partial charge in [0.15, 0.2) is 12.4 Å². The first-order valence-electron chi connectivity index (χ1n) is 7.67. The van der Waals surface area contributed by atoms with Crippen molar-refractivity contribution in [3.8, 4) is 5.75 Å². The molecule has 1 unspecified atom stereocenters. The second-order valence-electron chi connectivity index (χ2n) is 5.67. The summed E-state index contributed by atoms with van der Waals surface area (Å²) >= 11 is 0. The Labute approximate surface area is 135 Å². The molecule has 0 fully saturated rings. The number of hydrogen-bond acceptors (Lipinski definition) is 5. The summed E-state index contributed by atoms with van der Waals surface area (Å²) in [5.74, 6) is -0.398. The van der Waals surface area contributed by atoms with Crippen LogP contribution in [0.25, 0.3) is 0 Å². The van der Waals surface area contributed by atoms with Gasteiger partial charge in [0.1, 0.15) is 11.8 Å². The summed E-state index contributed by atoms with van der Waals surface area (Å²) in [5, 5.41) is 0. The topological polar surface area (TPSA) is 72.9 Å². The van der Waals surface area contributed by atoms with Gasteiger partial charge in [-0.15, -0.1) is 0 Å². The van der Waals surface area contributed by atoms with Crippen molar-refractivity contribution in [3.05, 3.63) is 23.8 Å². The van der Waals surface area contributed by atoms with E-state index in [-0.39, 0.29) is 24.4 Å². The van der Waals surface area contributed by atoms with Gasteiger partial charge in [0, 0.05) is 12.0 Å². The molecule has 0 aromatic heterocycles. The maximum Gasteiger partial charge on any atom is 0.329 e. The van der Waals surface area contributed by atoms with Crippen LogP contribution in [0.15, 0.2) is 18.2 Å². The van der Waals surface area contributed by atoms with Crippen LogP contribution in [0.3, 0.4) is 0 Å². The van der Waals surface area contributed by atoms with Gasteiger partial charge in [-0.05, 0) is 39.0 Å². The van der Waals surface area contributed by atoms with Gasteiger partial charge in [-0.3, -0.25) is 14.5 Å². The van der Waals surface area contributed by atoms with Crippen LogP contribution in [-0.2, 0) is 14.3 Å². The zero-order valence-corrected chi connectivity index (χ0v) is 13.8. The number of fused-ring (bicyclic) bond motifs is 1. The lowest BCUT2D eigenvalue weighted by molar-refractivity contribution is -0.149. The van der Waals surface area contributed by atoms with Crippen LogP contribution >= 0.6 is 0 Å². The average Bonchev–Trinajstić information content (AvgIpc) is 2.52. The van der Waals surface area contributed by atoms with E-state index in [0.29, 0.717) is 23.4 Å². The summed E-state index contributed by atoms with van der Waals surface area (Å²) < 4.78 is 10.6. The quantitative estimate of drug-likeness (QED) is 0.615. The summed E-state index contributed by atoms with van der Waals surface area (Å²) in [6.07, 6.45) is 0.0898. The Bertz CT molecular complexity index is 638. The van der Waals surface area contributed by atoms with Crippen molar-refractivity contribution in [2.24, 2.45) is 0 Å². The number of ether oxygens (including phenoxy) is 2. The Hall–Kier alpha value is -2.37. The molecule has 23 heavy (non-hydrogen) atoms. The zero-order chi connectivity index (χ0) is 17.1. The molecular weight excluding hydrogens is 298 g/mol. The number of rotatable bonds is 5. The highest BCUT2D eigenvalue weighted by Crippen LogP contribution is 2.34. The van der Waals surface area contributed by atoms with Gasteiger partial charge in [0.2, 0.25) is 0 Å². The normalized spacial score (nSPS) is 15.0. The van der Waals surface area contributed by atoms with E-state index in [1.54, 1.807) is 45.9 Å². The van der Waals surface area contributed by atoms with Crippen LogP contribution in [0, 0.1) is 0 Å². The molecule has 0 saturated heterocycles. The Morgan fingerprint density at radius 3 is 2.61 bits per heavy atom. The van der Waals surface area contributed by atoms with Crippen molar-refractivity contribution in [3.63, 3.8) is 0 Å². The summed E-state index contributed by atoms with van der Waals surface area (Å²) in [5.41, 5.74) is 0.910. The van der Waals surface area contributed by atoms with Crippen LogP contribution in [0.5, 0.6) is 5.75 Å². The Balaban J connectivity index is 2.39. The van der Waals surface area contributed by atoms with Crippen molar-refractivity contribution < 1.29 is 23.9 Å². The number of anilines is 1. The van der Waals surface area contributed by atoms with Crippen molar-refractivity contribution in [2.45, 2.75) is 46.3 Å². The van der Waals surface area contributed by atoms with Crippen LogP contribution < -0.4 is 9.64 Å². The minimum atomic E-state index is -0.792. The highest BCUT2D eigenvalue weighted by atomic mass is 16.5. The molecule has 6 nitrogen and oxygen atoms in total. The summed E-state index contributed by atoms with van der Waals surface area (Å²) in [6, 6.07) is 4.12. The van der Waals surface area contributed by atoms with Gasteiger partial charge in [-0.2, -0.15) is 0 Å². The molecule has 0 saturated carbocycles. The molecule has 0 aliphatic carbocycles. The van der Waals surface area contributed by atoms with Crippen LogP contribution in [-0.4, -0.2) is 36.4 Å². The van der Waals surface area contributed by atoms with E-state index in [1.165, 1.54) is 4.90 Å². The van der Waals surface area contributed by atoms with Gasteiger partial charge >= 0.3 is 5.97 Å². The van der Waals surface area contributed by atoms with Crippen molar-refractivity contribution >= 4 is 23.3 Å². The highest BCUT2D eigenvalue weighted by Gasteiger charge is 2.34. The summed E-state index contributed by atoms with van der Waals surface area (Å²) in [7, 11) is 0. The van der Waals surface area contributed by atoms with Crippen LogP contribution in [0.4, 0.5) is 5.69 Å². The third kappa shape index (κ3) is 3.52. The number of benzene rings is 1. The van der Waals surface area contributed by atoms with E-state index in [0.717, 1.165) is 0 Å². The summed E-state index contributed by atoms with van der Waals surface area (Å²) in [4.78, 5) is 37.7. The fourth-order valence-electron chi connectivity index (χ4n) is 2.41. The zero-order valence-electron chi connectivity index (χ0n) is 13.8. The fraction of sp³-hybridized carbons (Fsp3) is 0.471. The molecule has 0 radical (unpaired) electrons. The SMILES string of the molecule is CCC(=O)c1ccc2c(c1)N(C(C)C(=O)OC(C)C)C(=O)CO2. The Morgan fingerprint density at radius 1 is 1.30 bits per heavy atom. The fourth-order valence-corrected chi connectivity index (χ4v) is 2.41. The second kappa shape index (κ2) is 6.81. The predicted octanol–water partition coefficient (Wildman–Crippen LogP) is 2.34. The highest BCUT2D eigenvalue weighted by molar-refractivity contribution is 6.04. The minimum absolute atomic E-state index is 0.0387.